The number of aromatic hydroxyl groups is 1. The van der Waals surface area contributed by atoms with Gasteiger partial charge in [-0.15, -0.1) is 0 Å². The minimum absolute atomic E-state index is 0.116. The summed E-state index contributed by atoms with van der Waals surface area (Å²) in [5, 5.41) is 9.82. The number of hydrogen-bond acceptors (Lipinski definition) is 3. The van der Waals surface area contributed by atoms with E-state index in [0.29, 0.717) is 11.7 Å². The van der Waals surface area contributed by atoms with Crippen molar-refractivity contribution in [3.63, 3.8) is 0 Å². The van der Waals surface area contributed by atoms with E-state index in [9.17, 15) is 9.90 Å². The number of aromatic nitrogens is 1. The molecule has 4 nitrogen and oxygen atoms in total. The van der Waals surface area contributed by atoms with Gasteiger partial charge in [0.15, 0.2) is 5.75 Å². The highest BCUT2D eigenvalue weighted by molar-refractivity contribution is 5.25. The third-order valence-corrected chi connectivity index (χ3v) is 4.55. The van der Waals surface area contributed by atoms with Crippen LogP contribution in [-0.4, -0.2) is 27.7 Å². The van der Waals surface area contributed by atoms with E-state index in [0.717, 1.165) is 32.5 Å². The molecule has 0 atom stereocenters. The minimum atomic E-state index is -0.296. The predicted molar refractivity (Wildman–Crippen MR) is 87.1 cm³/mol. The van der Waals surface area contributed by atoms with Crippen molar-refractivity contribution in [2.75, 3.05) is 13.1 Å². The van der Waals surface area contributed by atoms with Crippen LogP contribution in [0.15, 0.2) is 47.4 Å². The van der Waals surface area contributed by atoms with E-state index >= 15 is 0 Å². The van der Waals surface area contributed by atoms with Gasteiger partial charge in [0.05, 0.1) is 5.69 Å². The Morgan fingerprint density at radius 1 is 1.14 bits per heavy atom. The number of rotatable bonds is 3. The van der Waals surface area contributed by atoms with Crippen molar-refractivity contribution in [2.45, 2.75) is 32.4 Å². The van der Waals surface area contributed by atoms with E-state index in [4.69, 9.17) is 0 Å². The number of benzene rings is 1. The van der Waals surface area contributed by atoms with Crippen molar-refractivity contribution >= 4 is 0 Å². The van der Waals surface area contributed by atoms with Gasteiger partial charge in [-0.2, -0.15) is 0 Å². The summed E-state index contributed by atoms with van der Waals surface area (Å²) in [4.78, 5) is 13.9. The quantitative estimate of drug-likeness (QED) is 0.947. The standard InChI is InChI=1S/C18H22N2O2/c1-14-18(22)17(21)9-12-20(14)16-7-10-19(11-8-16)13-15-5-3-2-4-6-15/h2-6,9,12,16,22H,7-8,10-11,13H2,1H3. The zero-order chi connectivity index (χ0) is 15.5. The van der Waals surface area contributed by atoms with Gasteiger partial charge in [0.1, 0.15) is 0 Å². The molecule has 1 N–H and O–H groups in total. The van der Waals surface area contributed by atoms with Gasteiger partial charge in [-0.1, -0.05) is 30.3 Å². The first kappa shape index (κ1) is 14.9. The molecule has 0 spiro atoms. The molecule has 0 aliphatic carbocycles. The molecule has 3 rings (SSSR count). The monoisotopic (exact) mass is 298 g/mol. The highest BCUT2D eigenvalue weighted by atomic mass is 16.3. The van der Waals surface area contributed by atoms with Crippen molar-refractivity contribution in [1.29, 1.82) is 0 Å². The fraction of sp³-hybridized carbons (Fsp3) is 0.389. The van der Waals surface area contributed by atoms with E-state index in [1.807, 2.05) is 19.2 Å². The number of likely N-dealkylation sites (tertiary alicyclic amines) is 1. The van der Waals surface area contributed by atoms with Crippen LogP contribution >= 0.6 is 0 Å². The van der Waals surface area contributed by atoms with Crippen molar-refractivity contribution in [3.05, 3.63) is 64.1 Å². The second-order valence-corrected chi connectivity index (χ2v) is 6.01. The molecule has 1 fully saturated rings. The zero-order valence-corrected chi connectivity index (χ0v) is 12.9. The Morgan fingerprint density at radius 2 is 1.82 bits per heavy atom. The molecule has 116 valence electrons. The van der Waals surface area contributed by atoms with E-state index in [1.165, 1.54) is 11.6 Å². The van der Waals surface area contributed by atoms with Gasteiger partial charge in [0.25, 0.3) is 0 Å². The lowest BCUT2D eigenvalue weighted by Gasteiger charge is -2.34. The fourth-order valence-electron chi connectivity index (χ4n) is 3.23. The Morgan fingerprint density at radius 3 is 2.50 bits per heavy atom. The average molecular weight is 298 g/mol. The van der Waals surface area contributed by atoms with Crippen LogP contribution in [0.1, 0.15) is 30.1 Å². The largest absolute Gasteiger partial charge is 0.503 e. The summed E-state index contributed by atoms with van der Waals surface area (Å²) in [5.74, 6) is -0.116. The molecule has 1 aliphatic rings. The third kappa shape index (κ3) is 3.07. The maximum absolute atomic E-state index is 11.5. The molecule has 4 heteroatoms. The van der Waals surface area contributed by atoms with Crippen molar-refractivity contribution in [2.24, 2.45) is 0 Å². The molecule has 0 unspecified atom stereocenters. The lowest BCUT2D eigenvalue weighted by molar-refractivity contribution is 0.177. The summed E-state index contributed by atoms with van der Waals surface area (Å²) in [7, 11) is 0. The molecule has 22 heavy (non-hydrogen) atoms. The average Bonchev–Trinajstić information content (AvgIpc) is 2.55. The van der Waals surface area contributed by atoms with Gasteiger partial charge in [-0.05, 0) is 25.3 Å². The van der Waals surface area contributed by atoms with Crippen LogP contribution in [0.4, 0.5) is 0 Å². The first-order valence-corrected chi connectivity index (χ1v) is 7.82. The van der Waals surface area contributed by atoms with Gasteiger partial charge < -0.3 is 9.67 Å². The van der Waals surface area contributed by atoms with E-state index in [-0.39, 0.29) is 11.2 Å². The number of nitrogens with zero attached hydrogens (tertiary/aromatic N) is 2. The Labute approximate surface area is 130 Å². The van der Waals surface area contributed by atoms with Gasteiger partial charge in [0.2, 0.25) is 5.43 Å². The normalized spacial score (nSPS) is 16.8. The van der Waals surface area contributed by atoms with Gasteiger partial charge in [-0.3, -0.25) is 9.69 Å². The highest BCUT2D eigenvalue weighted by Gasteiger charge is 2.21. The van der Waals surface area contributed by atoms with Crippen molar-refractivity contribution in [3.8, 4) is 5.75 Å². The second kappa shape index (κ2) is 6.36. The van der Waals surface area contributed by atoms with Crippen LogP contribution in [0.5, 0.6) is 5.75 Å². The summed E-state index contributed by atoms with van der Waals surface area (Å²) < 4.78 is 2.05. The lowest BCUT2D eigenvalue weighted by atomic mass is 10.0. The molecule has 0 radical (unpaired) electrons. The summed E-state index contributed by atoms with van der Waals surface area (Å²) >= 11 is 0. The van der Waals surface area contributed by atoms with E-state index < -0.39 is 0 Å². The smallest absolute Gasteiger partial charge is 0.223 e. The molecule has 1 aromatic heterocycles. The molecular formula is C18H22N2O2. The van der Waals surface area contributed by atoms with E-state index in [1.54, 1.807) is 0 Å². The minimum Gasteiger partial charge on any atom is -0.503 e. The van der Waals surface area contributed by atoms with Crippen molar-refractivity contribution in [1.82, 2.24) is 9.47 Å². The second-order valence-electron chi connectivity index (χ2n) is 6.01. The molecule has 1 aromatic carbocycles. The Bertz CT molecular complexity index is 686. The summed E-state index contributed by atoms with van der Waals surface area (Å²) in [5.41, 5.74) is 1.72. The Kier molecular flexibility index (Phi) is 4.29. The van der Waals surface area contributed by atoms with Crippen LogP contribution in [0.3, 0.4) is 0 Å². The first-order valence-electron chi connectivity index (χ1n) is 7.82. The predicted octanol–water partition coefficient (Wildman–Crippen LogP) is 2.70. The first-order chi connectivity index (χ1) is 10.6. The van der Waals surface area contributed by atoms with Crippen molar-refractivity contribution < 1.29 is 5.11 Å². The molecule has 0 saturated carbocycles. The van der Waals surface area contributed by atoms with Gasteiger partial charge >= 0.3 is 0 Å². The topological polar surface area (TPSA) is 45.5 Å². The van der Waals surface area contributed by atoms with Crippen LogP contribution in [0.25, 0.3) is 0 Å². The molecule has 2 aromatic rings. The summed E-state index contributed by atoms with van der Waals surface area (Å²) in [6.45, 7) is 4.87. The van der Waals surface area contributed by atoms with Crippen LogP contribution in [-0.2, 0) is 6.54 Å². The number of pyridine rings is 1. The summed E-state index contributed by atoms with van der Waals surface area (Å²) in [6.07, 6.45) is 3.89. The van der Waals surface area contributed by atoms with Crippen LogP contribution in [0.2, 0.25) is 0 Å². The molecule has 1 saturated heterocycles. The maximum atomic E-state index is 11.5. The van der Waals surface area contributed by atoms with Gasteiger partial charge in [-0.25, -0.2) is 0 Å². The molecule has 0 bridgehead atoms. The summed E-state index contributed by atoms with van der Waals surface area (Å²) in [6, 6.07) is 12.3. The fourth-order valence-corrected chi connectivity index (χ4v) is 3.23. The Hall–Kier alpha value is -2.07. The number of piperidine rings is 1. The molecular weight excluding hydrogens is 276 g/mol. The number of hydrogen-bond donors (Lipinski definition) is 1. The molecule has 0 amide bonds. The van der Waals surface area contributed by atoms with E-state index in [2.05, 4.69) is 33.7 Å². The van der Waals surface area contributed by atoms with Crippen LogP contribution in [0, 0.1) is 6.92 Å². The zero-order valence-electron chi connectivity index (χ0n) is 12.9. The SMILES string of the molecule is Cc1c(O)c(=O)ccn1C1CCN(Cc2ccccc2)CC1. The lowest BCUT2D eigenvalue weighted by Crippen LogP contribution is -2.34. The third-order valence-electron chi connectivity index (χ3n) is 4.55. The molecule has 2 heterocycles. The van der Waals surface area contributed by atoms with Gasteiger partial charge in [0, 0.05) is 37.9 Å². The Balaban J connectivity index is 1.65. The molecule has 1 aliphatic heterocycles. The highest BCUT2D eigenvalue weighted by Crippen LogP contribution is 2.26. The maximum Gasteiger partial charge on any atom is 0.223 e. The van der Waals surface area contributed by atoms with Crippen LogP contribution < -0.4 is 5.43 Å².